The van der Waals surface area contributed by atoms with Gasteiger partial charge >= 0.3 is 0 Å². The van der Waals surface area contributed by atoms with Crippen molar-refractivity contribution in [3.63, 3.8) is 0 Å². The summed E-state index contributed by atoms with van der Waals surface area (Å²) in [6, 6.07) is 75.6. The third kappa shape index (κ3) is 18.3. The molecular weight excluding hydrogens is 1390 g/mol. The van der Waals surface area contributed by atoms with Gasteiger partial charge in [0.05, 0.1) is 31.6 Å². The molecule has 25 heteroatoms. The normalized spacial score (nSPS) is 11.7. The molecule has 5 N–H and O–H groups in total. The molecule has 0 amide bonds. The number of rotatable bonds is 23. The molecule has 0 aromatic heterocycles. The van der Waals surface area contributed by atoms with Crippen LogP contribution in [0.3, 0.4) is 0 Å². The maximum atomic E-state index is 13.8. The Morgan fingerprint density at radius 3 is 1.01 bits per heavy atom. The van der Waals surface area contributed by atoms with E-state index in [1.807, 2.05) is 104 Å². The third-order valence-electron chi connectivity index (χ3n) is 15.1. The Morgan fingerprint density at radius 1 is 0.327 bits per heavy atom. The molecule has 12 rings (SSSR count). The zero-order valence-corrected chi connectivity index (χ0v) is 57.9. The van der Waals surface area contributed by atoms with E-state index >= 15 is 0 Å². The van der Waals surface area contributed by atoms with Gasteiger partial charge in [-0.25, -0.2) is 25.3 Å². The topological polar surface area (TPSA) is 308 Å². The van der Waals surface area contributed by atoms with Crippen LogP contribution >= 0.6 is 0 Å². The number of benzene rings is 12. The van der Waals surface area contributed by atoms with E-state index in [4.69, 9.17) is 39.9 Å². The zero-order valence-electron chi connectivity index (χ0n) is 53.8. The maximum absolute atomic E-state index is 13.8. The van der Waals surface area contributed by atoms with Crippen molar-refractivity contribution in [3.8, 4) is 91.2 Å². The number of hydrogen-bond donors (Lipinski definition) is 3. The van der Waals surface area contributed by atoms with Crippen LogP contribution in [0.15, 0.2) is 308 Å². The molecule has 0 spiro atoms. The van der Waals surface area contributed by atoms with Crippen molar-refractivity contribution in [2.75, 3.05) is 24.8 Å². The first kappa shape index (κ1) is 71.0. The molecule has 20 nitrogen and oxygen atoms in total. The number of hydrogen-bond acceptors (Lipinski definition) is 19. The first-order valence-electron chi connectivity index (χ1n) is 30.4. The quantitative estimate of drug-likeness (QED) is 0.0304. The third-order valence-corrected chi connectivity index (χ3v) is 21.8. The van der Waals surface area contributed by atoms with E-state index in [9.17, 15) is 46.6 Å². The summed E-state index contributed by atoms with van der Waals surface area (Å²) in [7, 11) is -19.8. The van der Waals surface area contributed by atoms with Crippen LogP contribution in [-0.2, 0) is 59.7 Å². The minimum atomic E-state index is -4.66. The number of aryl methyl sites for hydroxylation is 1. The maximum Gasteiger partial charge on any atom is 0.300 e. The first-order chi connectivity index (χ1) is 48.1. The summed E-state index contributed by atoms with van der Waals surface area (Å²) in [5.74, 6) is 3.93. The first-order valence-corrected chi connectivity index (χ1v) is 38.3. The van der Waals surface area contributed by atoms with Crippen LogP contribution in [0.1, 0.15) is 11.1 Å². The lowest BCUT2D eigenvalue weighted by Crippen LogP contribution is -2.09. The molecule has 0 unspecified atom stereocenters. The second-order valence-corrected chi connectivity index (χ2v) is 31.6. The summed E-state index contributed by atoms with van der Waals surface area (Å²) < 4.78 is 177. The van der Waals surface area contributed by atoms with Gasteiger partial charge in [-0.1, -0.05) is 78.4 Å². The van der Waals surface area contributed by atoms with E-state index in [2.05, 4.69) is 4.18 Å². The lowest BCUT2D eigenvalue weighted by atomic mass is 10.1. The monoisotopic (exact) mass is 1450 g/mol. The Kier molecular flexibility index (Phi) is 21.1. The molecule has 0 bridgehead atoms. The molecular formula is C76H62N2O18S5. The van der Waals surface area contributed by atoms with E-state index in [-0.39, 0.29) is 37.5 Å². The van der Waals surface area contributed by atoms with Crippen molar-refractivity contribution in [2.45, 2.75) is 42.0 Å². The average Bonchev–Trinajstić information content (AvgIpc) is 0.769. The Hall–Kier alpha value is -11.3. The smallest absolute Gasteiger partial charge is 0.300 e. The van der Waals surface area contributed by atoms with Gasteiger partial charge in [0.2, 0.25) is 19.7 Å². The summed E-state index contributed by atoms with van der Waals surface area (Å²) in [6.45, 7) is 2.00. The molecule has 0 aliphatic heterocycles. The summed E-state index contributed by atoms with van der Waals surface area (Å²) in [5, 5.41) is 0. The Balaban J connectivity index is 0.000000205. The van der Waals surface area contributed by atoms with E-state index in [1.165, 1.54) is 60.7 Å². The van der Waals surface area contributed by atoms with Gasteiger partial charge in [0.25, 0.3) is 20.2 Å². The van der Waals surface area contributed by atoms with Crippen molar-refractivity contribution in [3.05, 3.63) is 290 Å². The fraction of sp³-hybridized carbons (Fsp3) is 0.0526. The minimum absolute atomic E-state index is 0.0366. The summed E-state index contributed by atoms with van der Waals surface area (Å²) in [5.41, 5.74) is 17.1. The van der Waals surface area contributed by atoms with Crippen LogP contribution in [-0.4, -0.2) is 60.0 Å². The Morgan fingerprint density at radius 2 is 0.634 bits per heavy atom. The van der Waals surface area contributed by atoms with Crippen LogP contribution in [0, 0.1) is 6.92 Å². The van der Waals surface area contributed by atoms with Gasteiger partial charge in [-0.15, -0.1) is 0 Å². The van der Waals surface area contributed by atoms with Crippen molar-refractivity contribution in [1.82, 2.24) is 0 Å². The molecule has 0 aliphatic rings. The number of anilines is 2. The lowest BCUT2D eigenvalue weighted by molar-refractivity contribution is 0.391. The van der Waals surface area contributed by atoms with Crippen molar-refractivity contribution in [2.24, 2.45) is 0 Å². The molecule has 12 aromatic carbocycles. The van der Waals surface area contributed by atoms with Crippen LogP contribution < -0.4 is 39.9 Å². The van der Waals surface area contributed by atoms with Gasteiger partial charge in [0.1, 0.15) is 79.6 Å². The van der Waals surface area contributed by atoms with Crippen LogP contribution in [0.2, 0.25) is 0 Å². The highest BCUT2D eigenvalue weighted by Gasteiger charge is 2.28. The Labute approximate surface area is 584 Å². The minimum Gasteiger partial charge on any atom is -0.457 e. The standard InChI is InChI=1S/C39H33NO11S3.C37H29NO7S2/c1-26-6-12-31(13-7-26)49-32-14-8-27(9-15-32)28-10-16-33(17-11-28)50-37-20-18-35(22-29(37)25-52(41,42)43)53(44,45)36-19-21-38(39(24-36)54(46,47)48-2)51-34-5-3-4-30(40)23-34;1-46(39,40)35-19-13-31(14-20-35)43-29-9-5-26(6-10-29)27-7-11-30(12-8-27)44-32-15-21-36(22-16-32)47(41,42)37-23-17-33(18-24-37)45-34-4-2-3-28(38)25-34/h3-24H,25,40H2,1-2H3,(H,41,42,43);2-25H,38H2,1H3. The predicted octanol–water partition coefficient (Wildman–Crippen LogP) is 16.7. The summed E-state index contributed by atoms with van der Waals surface area (Å²) in [4.78, 5) is -0.925. The summed E-state index contributed by atoms with van der Waals surface area (Å²) >= 11 is 0. The molecule has 12 aromatic rings. The van der Waals surface area contributed by atoms with Crippen LogP contribution in [0.5, 0.6) is 69.0 Å². The average molecular weight is 1450 g/mol. The summed E-state index contributed by atoms with van der Waals surface area (Å²) in [6.07, 6.45) is 1.16. The van der Waals surface area contributed by atoms with E-state index in [0.29, 0.717) is 57.4 Å². The molecule has 0 fully saturated rings. The van der Waals surface area contributed by atoms with Crippen molar-refractivity contribution < 1.29 is 79.2 Å². The van der Waals surface area contributed by atoms with Gasteiger partial charge in [-0.2, -0.15) is 16.8 Å². The molecule has 514 valence electrons. The van der Waals surface area contributed by atoms with Crippen molar-refractivity contribution in [1.29, 1.82) is 0 Å². The zero-order chi connectivity index (χ0) is 71.7. The molecule has 0 atom stereocenters. The highest BCUT2D eigenvalue weighted by Crippen LogP contribution is 2.39. The van der Waals surface area contributed by atoms with Crippen LogP contribution in [0.4, 0.5) is 11.4 Å². The molecule has 0 saturated carbocycles. The number of nitrogen functional groups attached to an aromatic ring is 2. The molecule has 0 radical (unpaired) electrons. The predicted molar refractivity (Wildman–Crippen MR) is 383 cm³/mol. The van der Waals surface area contributed by atoms with E-state index < -0.39 is 70.2 Å². The second-order valence-electron chi connectivity index (χ2n) is 22.6. The number of ether oxygens (including phenoxy) is 6. The van der Waals surface area contributed by atoms with Gasteiger partial charge in [-0.05, 0) is 223 Å². The molecule has 0 heterocycles. The van der Waals surface area contributed by atoms with Gasteiger partial charge in [-0.3, -0.25) is 8.74 Å². The van der Waals surface area contributed by atoms with Gasteiger partial charge in [0, 0.05) is 35.3 Å². The van der Waals surface area contributed by atoms with Gasteiger partial charge < -0.3 is 39.9 Å². The largest absolute Gasteiger partial charge is 0.457 e. The van der Waals surface area contributed by atoms with Crippen LogP contribution in [0.25, 0.3) is 22.3 Å². The van der Waals surface area contributed by atoms with Crippen molar-refractivity contribution >= 4 is 61.1 Å². The highest BCUT2D eigenvalue weighted by atomic mass is 32.2. The lowest BCUT2D eigenvalue weighted by Gasteiger charge is -2.15. The molecule has 0 aliphatic carbocycles. The second kappa shape index (κ2) is 30.0. The number of sulfone groups is 3. The fourth-order valence-electron chi connectivity index (χ4n) is 9.98. The SMILES string of the molecule is COS(=O)(=O)c1cc(S(=O)(=O)c2ccc(Oc3ccc(-c4ccc(Oc5ccc(C)cc5)cc4)cc3)c(CS(=O)(=O)O)c2)ccc1Oc1cccc(N)c1.CS(=O)(=O)c1ccc(Oc2ccc(-c3ccc(Oc4ccc(S(=O)(=O)c5ccc(Oc6cccc(N)c6)cc5)cc4)cc3)cc2)cc1. The number of nitrogens with two attached hydrogens (primary N) is 2. The molecule has 0 saturated heterocycles. The highest BCUT2D eigenvalue weighted by molar-refractivity contribution is 7.92. The van der Waals surface area contributed by atoms with E-state index in [1.54, 1.807) is 97.1 Å². The van der Waals surface area contributed by atoms with E-state index in [0.717, 1.165) is 71.2 Å². The van der Waals surface area contributed by atoms with Gasteiger partial charge in [0.15, 0.2) is 9.84 Å². The fourth-order valence-corrected chi connectivity index (χ4v) is 14.7. The Bertz CT molecular complexity index is 5560. The molecule has 101 heavy (non-hydrogen) atoms.